The quantitative estimate of drug-likeness (QED) is 0.841. The monoisotopic (exact) mass is 281 g/mol. The highest BCUT2D eigenvalue weighted by molar-refractivity contribution is 5.74. The molecule has 1 aliphatic carbocycles. The van der Waals surface area contributed by atoms with Gasteiger partial charge in [0.05, 0.1) is 0 Å². The highest BCUT2D eigenvalue weighted by atomic mass is 16.2. The molecule has 0 spiro atoms. The number of hydrogen-bond donors (Lipinski definition) is 1. The maximum atomic E-state index is 12.2. The molecule has 2 amide bonds. The average Bonchev–Trinajstić information content (AvgIpc) is 3.29. The first-order chi connectivity index (χ1) is 9.42. The molecule has 0 radical (unpaired) electrons. The van der Waals surface area contributed by atoms with E-state index in [-0.39, 0.29) is 11.6 Å². The van der Waals surface area contributed by atoms with Gasteiger partial charge in [-0.3, -0.25) is 4.90 Å². The summed E-state index contributed by atoms with van der Waals surface area (Å²) in [5, 5.41) is 3.13. The molecular weight excluding hydrogens is 250 g/mol. The number of amides is 2. The van der Waals surface area contributed by atoms with Crippen LogP contribution in [0.15, 0.2) is 0 Å². The molecule has 4 nitrogen and oxygen atoms in total. The second-order valence-corrected chi connectivity index (χ2v) is 7.21. The van der Waals surface area contributed by atoms with Gasteiger partial charge in [0.25, 0.3) is 0 Å². The van der Waals surface area contributed by atoms with Crippen LogP contribution in [-0.4, -0.2) is 54.1 Å². The summed E-state index contributed by atoms with van der Waals surface area (Å²) in [6, 6.07) is 0.447. The number of carbonyl (C=O) groups excluding carboxylic acids is 1. The zero-order chi connectivity index (χ0) is 14.8. The molecule has 1 atom stereocenters. The fourth-order valence-electron chi connectivity index (χ4n) is 3.11. The van der Waals surface area contributed by atoms with E-state index in [4.69, 9.17) is 0 Å². The summed E-state index contributed by atoms with van der Waals surface area (Å²) < 4.78 is 0. The van der Waals surface area contributed by atoms with E-state index in [1.807, 2.05) is 11.9 Å². The molecule has 116 valence electrons. The maximum absolute atomic E-state index is 12.2. The molecule has 1 N–H and O–H groups in total. The van der Waals surface area contributed by atoms with Crippen LogP contribution in [0.5, 0.6) is 0 Å². The highest BCUT2D eigenvalue weighted by Gasteiger charge is 2.33. The van der Waals surface area contributed by atoms with Crippen molar-refractivity contribution in [3.63, 3.8) is 0 Å². The van der Waals surface area contributed by atoms with Crippen molar-refractivity contribution in [1.29, 1.82) is 0 Å². The number of carbonyl (C=O) groups is 1. The Bertz CT molecular complexity index is 333. The summed E-state index contributed by atoms with van der Waals surface area (Å²) in [5.74, 6) is 0.723. The van der Waals surface area contributed by atoms with E-state index in [2.05, 4.69) is 31.0 Å². The topological polar surface area (TPSA) is 35.6 Å². The Morgan fingerprint density at radius 3 is 2.45 bits per heavy atom. The van der Waals surface area contributed by atoms with Crippen LogP contribution in [0, 0.1) is 5.92 Å². The molecule has 2 fully saturated rings. The van der Waals surface area contributed by atoms with Crippen LogP contribution in [0.1, 0.15) is 52.9 Å². The minimum atomic E-state index is 0.0553. The van der Waals surface area contributed by atoms with Gasteiger partial charge < -0.3 is 10.2 Å². The van der Waals surface area contributed by atoms with Crippen LogP contribution >= 0.6 is 0 Å². The van der Waals surface area contributed by atoms with Crippen molar-refractivity contribution in [2.24, 2.45) is 5.92 Å². The molecule has 2 aliphatic rings. The molecule has 0 aromatic carbocycles. The third kappa shape index (κ3) is 3.87. The van der Waals surface area contributed by atoms with Gasteiger partial charge >= 0.3 is 6.03 Å². The average molecular weight is 281 g/mol. The fourth-order valence-corrected chi connectivity index (χ4v) is 3.11. The van der Waals surface area contributed by atoms with Gasteiger partial charge in [-0.05, 0) is 65.5 Å². The van der Waals surface area contributed by atoms with Gasteiger partial charge in [-0.2, -0.15) is 0 Å². The SMILES string of the molecule is CC(C1CC1)N(C)C(=O)NCC(C)(C)N1CCCCC1. The van der Waals surface area contributed by atoms with E-state index in [9.17, 15) is 4.79 Å². The van der Waals surface area contributed by atoms with Gasteiger partial charge in [-0.1, -0.05) is 6.42 Å². The lowest BCUT2D eigenvalue weighted by molar-refractivity contribution is 0.0934. The van der Waals surface area contributed by atoms with E-state index < -0.39 is 0 Å². The molecule has 1 saturated heterocycles. The Balaban J connectivity index is 1.78. The number of nitrogens with zero attached hydrogens (tertiary/aromatic N) is 2. The Labute approximate surface area is 123 Å². The summed E-state index contributed by atoms with van der Waals surface area (Å²) in [5.41, 5.74) is 0.0553. The lowest BCUT2D eigenvalue weighted by Crippen LogP contribution is -2.55. The lowest BCUT2D eigenvalue weighted by atomic mass is 9.98. The Morgan fingerprint density at radius 1 is 1.30 bits per heavy atom. The van der Waals surface area contributed by atoms with Crippen LogP contribution in [0.2, 0.25) is 0 Å². The molecule has 1 saturated carbocycles. The molecule has 2 rings (SSSR count). The Morgan fingerprint density at radius 2 is 1.90 bits per heavy atom. The van der Waals surface area contributed by atoms with E-state index >= 15 is 0 Å². The molecule has 1 unspecified atom stereocenters. The van der Waals surface area contributed by atoms with E-state index in [0.29, 0.717) is 6.04 Å². The predicted molar refractivity (Wildman–Crippen MR) is 82.9 cm³/mol. The van der Waals surface area contributed by atoms with Gasteiger partial charge in [-0.25, -0.2) is 4.79 Å². The van der Waals surface area contributed by atoms with Crippen LogP contribution in [0.3, 0.4) is 0 Å². The van der Waals surface area contributed by atoms with Gasteiger partial charge in [0, 0.05) is 25.2 Å². The van der Waals surface area contributed by atoms with E-state index in [1.54, 1.807) is 0 Å². The molecule has 4 heteroatoms. The molecule has 0 bridgehead atoms. The summed E-state index contributed by atoms with van der Waals surface area (Å²) in [7, 11) is 1.92. The third-order valence-electron chi connectivity index (χ3n) is 5.12. The molecule has 0 aromatic heterocycles. The fraction of sp³-hybridized carbons (Fsp3) is 0.938. The molecule has 1 aliphatic heterocycles. The van der Waals surface area contributed by atoms with Crippen molar-refractivity contribution in [2.45, 2.75) is 64.5 Å². The largest absolute Gasteiger partial charge is 0.336 e. The minimum absolute atomic E-state index is 0.0553. The number of likely N-dealkylation sites (tertiary alicyclic amines) is 1. The number of nitrogens with one attached hydrogen (secondary N) is 1. The smallest absolute Gasteiger partial charge is 0.317 e. The minimum Gasteiger partial charge on any atom is -0.336 e. The second kappa shape index (κ2) is 6.33. The van der Waals surface area contributed by atoms with Crippen molar-refractivity contribution >= 4 is 6.03 Å². The summed E-state index contributed by atoms with van der Waals surface area (Å²) in [4.78, 5) is 16.6. The van der Waals surface area contributed by atoms with Crippen molar-refractivity contribution in [2.75, 3.05) is 26.7 Å². The number of piperidine rings is 1. The van der Waals surface area contributed by atoms with Crippen molar-refractivity contribution in [3.05, 3.63) is 0 Å². The van der Waals surface area contributed by atoms with Crippen molar-refractivity contribution in [1.82, 2.24) is 15.1 Å². The van der Waals surface area contributed by atoms with Crippen LogP contribution in [0.25, 0.3) is 0 Å². The highest BCUT2D eigenvalue weighted by Crippen LogP contribution is 2.34. The lowest BCUT2D eigenvalue weighted by Gasteiger charge is -2.41. The zero-order valence-corrected chi connectivity index (χ0v) is 13.6. The van der Waals surface area contributed by atoms with E-state index in [1.165, 1.54) is 32.1 Å². The van der Waals surface area contributed by atoms with E-state index in [0.717, 1.165) is 25.6 Å². The van der Waals surface area contributed by atoms with Gasteiger partial charge in [0.15, 0.2) is 0 Å². The molecular formula is C16H31N3O. The Hall–Kier alpha value is -0.770. The van der Waals surface area contributed by atoms with Crippen LogP contribution < -0.4 is 5.32 Å². The summed E-state index contributed by atoms with van der Waals surface area (Å²) in [6.07, 6.45) is 6.47. The van der Waals surface area contributed by atoms with Gasteiger partial charge in [0.2, 0.25) is 0 Å². The number of urea groups is 1. The molecule has 20 heavy (non-hydrogen) atoms. The first-order valence-electron chi connectivity index (χ1n) is 8.17. The standard InChI is InChI=1S/C16H31N3O/c1-13(14-8-9-14)18(4)15(20)17-12-16(2,3)19-10-6-5-7-11-19/h13-14H,5-12H2,1-4H3,(H,17,20). The Kier molecular flexibility index (Phi) is 4.95. The van der Waals surface area contributed by atoms with Gasteiger partial charge in [0.1, 0.15) is 0 Å². The molecule has 0 aromatic rings. The summed E-state index contributed by atoms with van der Waals surface area (Å²) in [6.45, 7) is 9.70. The van der Waals surface area contributed by atoms with Crippen LogP contribution in [0.4, 0.5) is 4.79 Å². The van der Waals surface area contributed by atoms with Crippen molar-refractivity contribution < 1.29 is 4.79 Å². The summed E-state index contributed by atoms with van der Waals surface area (Å²) >= 11 is 0. The second-order valence-electron chi connectivity index (χ2n) is 7.21. The first kappa shape index (κ1) is 15.6. The number of rotatable bonds is 5. The van der Waals surface area contributed by atoms with Crippen LogP contribution in [-0.2, 0) is 0 Å². The zero-order valence-electron chi connectivity index (χ0n) is 13.6. The predicted octanol–water partition coefficient (Wildman–Crippen LogP) is 2.69. The number of hydrogen-bond acceptors (Lipinski definition) is 2. The molecule has 1 heterocycles. The van der Waals surface area contributed by atoms with Gasteiger partial charge in [-0.15, -0.1) is 0 Å². The normalized spacial score (nSPS) is 22.4. The first-order valence-corrected chi connectivity index (χ1v) is 8.17. The van der Waals surface area contributed by atoms with Crippen molar-refractivity contribution in [3.8, 4) is 0 Å². The third-order valence-corrected chi connectivity index (χ3v) is 5.12. The maximum Gasteiger partial charge on any atom is 0.317 e.